The number of aliphatic carboxylic acids is 1. The second-order valence-corrected chi connectivity index (χ2v) is 7.49. The Kier molecular flexibility index (Phi) is 3.95. The smallest absolute Gasteiger partial charge is 0.322 e. The number of anilines is 1. The number of halogens is 1. The predicted molar refractivity (Wildman–Crippen MR) is 80.1 cm³/mol. The van der Waals surface area contributed by atoms with Gasteiger partial charge < -0.3 is 15.2 Å². The third-order valence-electron chi connectivity index (χ3n) is 3.74. The highest BCUT2D eigenvalue weighted by Crippen LogP contribution is 2.38. The SMILES string of the molecule is O=C1COc2cc(S(=O)(=O)N3CCCC3C(=O)O)c(Cl)cc2N1. The molecule has 23 heavy (non-hydrogen) atoms. The van der Waals surface area contributed by atoms with Gasteiger partial charge in [0.2, 0.25) is 10.0 Å². The maximum Gasteiger partial charge on any atom is 0.322 e. The Morgan fingerprint density at radius 2 is 2.17 bits per heavy atom. The minimum absolute atomic E-state index is 0.106. The van der Waals surface area contributed by atoms with Gasteiger partial charge in [0.15, 0.2) is 6.61 Å². The normalized spacial score (nSPS) is 21.4. The Hall–Kier alpha value is -1.84. The van der Waals surface area contributed by atoms with Gasteiger partial charge in [-0.25, -0.2) is 8.42 Å². The molecule has 2 N–H and O–H groups in total. The molecule has 0 aliphatic carbocycles. The van der Waals surface area contributed by atoms with Crippen molar-refractivity contribution >= 4 is 39.2 Å². The summed E-state index contributed by atoms with van der Waals surface area (Å²) in [5, 5.41) is 11.6. The van der Waals surface area contributed by atoms with Crippen LogP contribution in [0.1, 0.15) is 12.8 Å². The molecule has 0 bridgehead atoms. The first-order valence-corrected chi connectivity index (χ1v) is 8.63. The minimum atomic E-state index is -4.08. The van der Waals surface area contributed by atoms with Crippen molar-refractivity contribution in [1.29, 1.82) is 0 Å². The van der Waals surface area contributed by atoms with Gasteiger partial charge in [-0.1, -0.05) is 11.6 Å². The van der Waals surface area contributed by atoms with Gasteiger partial charge in [0.1, 0.15) is 16.7 Å². The van der Waals surface area contributed by atoms with Crippen LogP contribution in [0, 0.1) is 0 Å². The van der Waals surface area contributed by atoms with Gasteiger partial charge in [-0.15, -0.1) is 0 Å². The molecular formula is C13H13ClN2O6S. The number of hydrogen-bond acceptors (Lipinski definition) is 5. The molecule has 2 aliphatic rings. The lowest BCUT2D eigenvalue weighted by Gasteiger charge is -2.24. The van der Waals surface area contributed by atoms with E-state index in [0.717, 1.165) is 4.31 Å². The van der Waals surface area contributed by atoms with Crippen LogP contribution in [0.15, 0.2) is 17.0 Å². The van der Waals surface area contributed by atoms with E-state index in [-0.39, 0.29) is 46.8 Å². The maximum atomic E-state index is 12.8. The average Bonchev–Trinajstić information content (AvgIpc) is 2.96. The standard InChI is InChI=1S/C13H13ClN2O6S/c14-7-4-8-10(22-6-12(17)15-8)5-11(7)23(20,21)16-3-1-2-9(16)13(18)19/h4-5,9H,1-3,6H2,(H,15,17)(H,18,19). The van der Waals surface area contributed by atoms with Crippen LogP contribution in [-0.4, -0.2) is 48.9 Å². The van der Waals surface area contributed by atoms with Crippen molar-refractivity contribution < 1.29 is 27.9 Å². The molecule has 10 heteroatoms. The van der Waals surface area contributed by atoms with E-state index in [1.165, 1.54) is 12.1 Å². The molecule has 1 unspecified atom stereocenters. The predicted octanol–water partition coefficient (Wildman–Crippen LogP) is 0.909. The van der Waals surface area contributed by atoms with Gasteiger partial charge >= 0.3 is 5.97 Å². The number of carbonyl (C=O) groups is 2. The topological polar surface area (TPSA) is 113 Å². The average molecular weight is 361 g/mol. The Labute approximate surface area is 137 Å². The summed E-state index contributed by atoms with van der Waals surface area (Å²) in [6.07, 6.45) is 0.717. The second-order valence-electron chi connectivity index (χ2n) is 5.23. The van der Waals surface area contributed by atoms with E-state index in [9.17, 15) is 23.1 Å². The number of amides is 1. The third kappa shape index (κ3) is 2.75. The first-order chi connectivity index (χ1) is 10.8. The second kappa shape index (κ2) is 5.66. The van der Waals surface area contributed by atoms with Gasteiger partial charge in [0, 0.05) is 12.6 Å². The van der Waals surface area contributed by atoms with Gasteiger partial charge in [-0.3, -0.25) is 9.59 Å². The zero-order valence-electron chi connectivity index (χ0n) is 11.8. The zero-order chi connectivity index (χ0) is 16.8. The highest BCUT2D eigenvalue weighted by atomic mass is 35.5. The summed E-state index contributed by atoms with van der Waals surface area (Å²) in [6, 6.07) is 1.39. The molecule has 8 nitrogen and oxygen atoms in total. The molecule has 0 aromatic heterocycles. The number of sulfonamides is 1. The molecule has 2 heterocycles. The van der Waals surface area contributed by atoms with Crippen molar-refractivity contribution in [2.45, 2.75) is 23.8 Å². The van der Waals surface area contributed by atoms with Crippen LogP contribution in [0.5, 0.6) is 5.75 Å². The van der Waals surface area contributed by atoms with Crippen molar-refractivity contribution in [2.24, 2.45) is 0 Å². The summed E-state index contributed by atoms with van der Waals surface area (Å²) in [7, 11) is -4.08. The summed E-state index contributed by atoms with van der Waals surface area (Å²) >= 11 is 6.04. The van der Waals surface area contributed by atoms with Gasteiger partial charge in [-0.2, -0.15) is 4.31 Å². The van der Waals surface area contributed by atoms with Gasteiger partial charge in [-0.05, 0) is 18.9 Å². The molecule has 0 spiro atoms. The highest BCUT2D eigenvalue weighted by molar-refractivity contribution is 7.89. The Balaban J connectivity index is 2.04. The van der Waals surface area contributed by atoms with E-state index in [1.54, 1.807) is 0 Å². The third-order valence-corrected chi connectivity index (χ3v) is 6.12. The maximum absolute atomic E-state index is 12.8. The molecule has 2 aliphatic heterocycles. The summed E-state index contributed by atoms with van der Waals surface area (Å²) in [6.45, 7) is -0.111. The minimum Gasteiger partial charge on any atom is -0.482 e. The fourth-order valence-electron chi connectivity index (χ4n) is 2.68. The summed E-state index contributed by atoms with van der Waals surface area (Å²) in [4.78, 5) is 22.3. The lowest BCUT2D eigenvalue weighted by Crippen LogP contribution is -2.40. The van der Waals surface area contributed by atoms with E-state index in [2.05, 4.69) is 5.32 Å². The molecule has 0 radical (unpaired) electrons. The number of fused-ring (bicyclic) bond motifs is 1. The van der Waals surface area contributed by atoms with Crippen LogP contribution in [-0.2, 0) is 19.6 Å². The van der Waals surface area contributed by atoms with Crippen LogP contribution in [0.4, 0.5) is 5.69 Å². The molecule has 1 atom stereocenters. The number of carbonyl (C=O) groups excluding carboxylic acids is 1. The van der Waals surface area contributed by atoms with Crippen LogP contribution in [0.25, 0.3) is 0 Å². The molecule has 1 fully saturated rings. The van der Waals surface area contributed by atoms with E-state index < -0.39 is 22.0 Å². The number of nitrogens with one attached hydrogen (secondary N) is 1. The molecule has 124 valence electrons. The number of benzene rings is 1. The first kappa shape index (κ1) is 16.0. The van der Waals surface area contributed by atoms with Crippen molar-refractivity contribution in [2.75, 3.05) is 18.5 Å². The Morgan fingerprint density at radius 3 is 2.87 bits per heavy atom. The number of hydrogen-bond donors (Lipinski definition) is 2. The number of carboxylic acids is 1. The van der Waals surface area contributed by atoms with Crippen LogP contribution in [0.2, 0.25) is 5.02 Å². The van der Waals surface area contributed by atoms with Crippen molar-refractivity contribution in [3.05, 3.63) is 17.2 Å². The van der Waals surface area contributed by atoms with Crippen molar-refractivity contribution in [1.82, 2.24) is 4.31 Å². The van der Waals surface area contributed by atoms with Gasteiger partial charge in [0.05, 0.1) is 10.7 Å². The molecule has 1 aromatic carbocycles. The van der Waals surface area contributed by atoms with E-state index in [1.807, 2.05) is 0 Å². The molecule has 1 aromatic rings. The first-order valence-electron chi connectivity index (χ1n) is 6.81. The van der Waals surface area contributed by atoms with Gasteiger partial charge in [0.25, 0.3) is 5.91 Å². The van der Waals surface area contributed by atoms with E-state index >= 15 is 0 Å². The van der Waals surface area contributed by atoms with Crippen LogP contribution < -0.4 is 10.1 Å². The fraction of sp³-hybridized carbons (Fsp3) is 0.385. The van der Waals surface area contributed by atoms with Crippen molar-refractivity contribution in [3.8, 4) is 5.75 Å². The fourth-order valence-corrected chi connectivity index (χ4v) is 4.85. The molecule has 0 saturated carbocycles. The lowest BCUT2D eigenvalue weighted by atomic mass is 10.2. The van der Waals surface area contributed by atoms with E-state index in [4.69, 9.17) is 16.3 Å². The monoisotopic (exact) mass is 360 g/mol. The number of ether oxygens (including phenoxy) is 1. The molecule has 1 saturated heterocycles. The summed E-state index contributed by atoms with van der Waals surface area (Å²) in [5.41, 5.74) is 0.279. The molecular weight excluding hydrogens is 348 g/mol. The largest absolute Gasteiger partial charge is 0.482 e. The highest BCUT2D eigenvalue weighted by Gasteiger charge is 2.40. The number of rotatable bonds is 3. The summed E-state index contributed by atoms with van der Waals surface area (Å²) < 4.78 is 31.6. The van der Waals surface area contributed by atoms with E-state index in [0.29, 0.717) is 6.42 Å². The number of nitrogens with zero attached hydrogens (tertiary/aromatic N) is 1. The van der Waals surface area contributed by atoms with Crippen LogP contribution in [0.3, 0.4) is 0 Å². The Morgan fingerprint density at radius 1 is 1.43 bits per heavy atom. The molecule has 1 amide bonds. The lowest BCUT2D eigenvalue weighted by molar-refractivity contribution is -0.140. The number of carboxylic acid groups (broad SMARTS) is 1. The molecule has 3 rings (SSSR count). The quantitative estimate of drug-likeness (QED) is 0.828. The van der Waals surface area contributed by atoms with Crippen LogP contribution >= 0.6 is 11.6 Å². The summed E-state index contributed by atoms with van der Waals surface area (Å²) in [5.74, 6) is -1.38. The Bertz CT molecular complexity index is 794. The van der Waals surface area contributed by atoms with Crippen molar-refractivity contribution in [3.63, 3.8) is 0 Å². The zero-order valence-corrected chi connectivity index (χ0v) is 13.4.